The molecule has 2 amide bonds. The Hall–Kier alpha value is -4.45. The number of nitrogens with zero attached hydrogens (tertiary/aromatic N) is 3. The van der Waals surface area contributed by atoms with E-state index in [1.54, 1.807) is 12.1 Å². The molecule has 4 rings (SSSR count). The lowest BCUT2D eigenvalue weighted by Gasteiger charge is -2.36. The SMILES string of the molecule is COc1cc(Nc2nc(N[C@@H]3CCN(C(=O)OCc4ccccc4)C[C@@H]3N)c(F)cc2C(N)=O)ccn1. The second-order valence-corrected chi connectivity index (χ2v) is 8.48. The first-order valence-corrected chi connectivity index (χ1v) is 11.6. The highest BCUT2D eigenvalue weighted by Gasteiger charge is 2.31. The highest BCUT2D eigenvalue weighted by molar-refractivity contribution is 5.98. The van der Waals surface area contributed by atoms with Gasteiger partial charge in [0.25, 0.3) is 5.91 Å². The summed E-state index contributed by atoms with van der Waals surface area (Å²) < 4.78 is 25.4. The van der Waals surface area contributed by atoms with Gasteiger partial charge in [-0.2, -0.15) is 0 Å². The van der Waals surface area contributed by atoms with E-state index < -0.39 is 23.9 Å². The van der Waals surface area contributed by atoms with Crippen LogP contribution in [0.3, 0.4) is 0 Å². The molecule has 6 N–H and O–H groups in total. The topological polar surface area (TPSA) is 158 Å². The van der Waals surface area contributed by atoms with Crippen LogP contribution in [0.2, 0.25) is 0 Å². The average molecular weight is 510 g/mol. The van der Waals surface area contributed by atoms with Gasteiger partial charge in [-0.05, 0) is 24.1 Å². The zero-order valence-electron chi connectivity index (χ0n) is 20.2. The first-order chi connectivity index (χ1) is 17.8. The van der Waals surface area contributed by atoms with Gasteiger partial charge in [0.1, 0.15) is 12.4 Å². The van der Waals surface area contributed by atoms with E-state index in [2.05, 4.69) is 20.6 Å². The molecular weight excluding hydrogens is 481 g/mol. The number of anilines is 3. The van der Waals surface area contributed by atoms with Crippen molar-refractivity contribution in [2.24, 2.45) is 11.5 Å². The van der Waals surface area contributed by atoms with Gasteiger partial charge < -0.3 is 36.5 Å². The van der Waals surface area contributed by atoms with Crippen molar-refractivity contribution in [3.8, 4) is 5.88 Å². The number of piperidine rings is 1. The highest BCUT2D eigenvalue weighted by Crippen LogP contribution is 2.26. The maximum Gasteiger partial charge on any atom is 0.410 e. The number of nitrogens with one attached hydrogen (secondary N) is 2. The van der Waals surface area contributed by atoms with Crippen LogP contribution in [-0.4, -0.2) is 59.2 Å². The van der Waals surface area contributed by atoms with Crippen molar-refractivity contribution in [2.45, 2.75) is 25.1 Å². The number of rotatable bonds is 8. The lowest BCUT2D eigenvalue weighted by molar-refractivity contribution is 0.0845. The fourth-order valence-corrected chi connectivity index (χ4v) is 3.92. The minimum Gasteiger partial charge on any atom is -0.481 e. The van der Waals surface area contributed by atoms with Gasteiger partial charge >= 0.3 is 6.09 Å². The van der Waals surface area contributed by atoms with Crippen LogP contribution >= 0.6 is 0 Å². The van der Waals surface area contributed by atoms with E-state index in [1.807, 2.05) is 30.3 Å². The number of hydrogen-bond donors (Lipinski definition) is 4. The van der Waals surface area contributed by atoms with Crippen molar-refractivity contribution in [2.75, 3.05) is 30.8 Å². The second kappa shape index (κ2) is 11.5. The van der Waals surface area contributed by atoms with Crippen LogP contribution < -0.4 is 26.8 Å². The van der Waals surface area contributed by atoms with Crippen molar-refractivity contribution in [1.29, 1.82) is 0 Å². The standard InChI is InChI=1S/C25H28FN7O4/c1-36-21-11-16(7-9-29-21)30-23-17(22(28)34)12-18(26)24(32-23)31-20-8-10-33(13-19(20)27)25(35)37-14-15-5-3-2-4-6-15/h2-7,9,11-12,19-20H,8,10,13-14,27H2,1H3,(H2,28,34)(H2,29,30,31,32)/t19-,20+/m0/s1. The molecular formula is C25H28FN7O4. The van der Waals surface area contributed by atoms with Crippen molar-refractivity contribution < 1.29 is 23.5 Å². The van der Waals surface area contributed by atoms with E-state index in [-0.39, 0.29) is 36.4 Å². The molecule has 0 bridgehead atoms. The number of ether oxygens (including phenoxy) is 2. The number of methoxy groups -OCH3 is 1. The summed E-state index contributed by atoms with van der Waals surface area (Å²) in [6.45, 7) is 0.740. The number of likely N-dealkylation sites (tertiary alicyclic amines) is 1. The molecule has 12 heteroatoms. The van der Waals surface area contributed by atoms with Gasteiger partial charge in [0.05, 0.1) is 12.7 Å². The van der Waals surface area contributed by atoms with Crippen LogP contribution in [-0.2, 0) is 11.3 Å². The Balaban J connectivity index is 1.43. The van der Waals surface area contributed by atoms with Gasteiger partial charge in [0, 0.05) is 43.1 Å². The van der Waals surface area contributed by atoms with Gasteiger partial charge in [-0.15, -0.1) is 0 Å². The van der Waals surface area contributed by atoms with Crippen LogP contribution in [0.5, 0.6) is 5.88 Å². The lowest BCUT2D eigenvalue weighted by atomic mass is 10.0. The molecule has 1 aliphatic heterocycles. The summed E-state index contributed by atoms with van der Waals surface area (Å²) in [6.07, 6.45) is 1.47. The summed E-state index contributed by atoms with van der Waals surface area (Å²) in [5, 5.41) is 5.97. The summed E-state index contributed by atoms with van der Waals surface area (Å²) in [4.78, 5) is 34.2. The molecule has 2 aromatic heterocycles. The molecule has 0 radical (unpaired) electrons. The van der Waals surface area contributed by atoms with Crippen LogP contribution in [0.1, 0.15) is 22.3 Å². The molecule has 0 aliphatic carbocycles. The number of hydrogen-bond acceptors (Lipinski definition) is 9. The van der Waals surface area contributed by atoms with Crippen LogP contribution in [0.4, 0.5) is 26.5 Å². The molecule has 0 spiro atoms. The Labute approximate surface area is 213 Å². The number of primary amides is 1. The van der Waals surface area contributed by atoms with E-state index in [1.165, 1.54) is 18.2 Å². The summed E-state index contributed by atoms with van der Waals surface area (Å²) in [7, 11) is 1.47. The molecule has 1 fully saturated rings. The number of benzene rings is 1. The first-order valence-electron chi connectivity index (χ1n) is 11.6. The minimum absolute atomic E-state index is 0.0557. The van der Waals surface area contributed by atoms with Crippen molar-refractivity contribution in [1.82, 2.24) is 14.9 Å². The molecule has 1 saturated heterocycles. The normalized spacial score (nSPS) is 17.1. The van der Waals surface area contributed by atoms with Crippen molar-refractivity contribution >= 4 is 29.3 Å². The molecule has 1 aliphatic rings. The summed E-state index contributed by atoms with van der Waals surface area (Å²) in [5.41, 5.74) is 13.0. The van der Waals surface area contributed by atoms with Gasteiger partial charge in [-0.3, -0.25) is 4.79 Å². The molecule has 1 aromatic carbocycles. The lowest BCUT2D eigenvalue weighted by Crippen LogP contribution is -2.55. The third-order valence-electron chi connectivity index (χ3n) is 5.89. The second-order valence-electron chi connectivity index (χ2n) is 8.48. The number of halogens is 1. The quantitative estimate of drug-likeness (QED) is 0.358. The summed E-state index contributed by atoms with van der Waals surface area (Å²) >= 11 is 0. The molecule has 37 heavy (non-hydrogen) atoms. The molecule has 194 valence electrons. The monoisotopic (exact) mass is 509 g/mol. The van der Waals surface area contributed by atoms with Gasteiger partial charge in [-0.1, -0.05) is 30.3 Å². The zero-order valence-corrected chi connectivity index (χ0v) is 20.2. The van der Waals surface area contributed by atoms with Crippen LogP contribution in [0.25, 0.3) is 0 Å². The Kier molecular flexibility index (Phi) is 7.98. The molecule has 0 unspecified atom stereocenters. The van der Waals surface area contributed by atoms with E-state index in [0.29, 0.717) is 24.5 Å². The number of nitrogens with two attached hydrogens (primary N) is 2. The number of amides is 2. The van der Waals surface area contributed by atoms with Crippen LogP contribution in [0, 0.1) is 5.82 Å². The van der Waals surface area contributed by atoms with E-state index >= 15 is 0 Å². The largest absolute Gasteiger partial charge is 0.481 e. The van der Waals surface area contributed by atoms with Gasteiger partial charge in [-0.25, -0.2) is 19.2 Å². The Morgan fingerprint density at radius 3 is 2.68 bits per heavy atom. The highest BCUT2D eigenvalue weighted by atomic mass is 19.1. The average Bonchev–Trinajstić information content (AvgIpc) is 2.90. The smallest absolute Gasteiger partial charge is 0.410 e. The fraction of sp³-hybridized carbons (Fsp3) is 0.280. The zero-order chi connectivity index (χ0) is 26.4. The molecule has 2 atom stereocenters. The van der Waals surface area contributed by atoms with Crippen molar-refractivity contribution in [3.63, 3.8) is 0 Å². The van der Waals surface area contributed by atoms with Gasteiger partial charge in [0.2, 0.25) is 5.88 Å². The maximum atomic E-state index is 14.9. The fourth-order valence-electron chi connectivity index (χ4n) is 3.92. The number of carbonyl (C=O) groups excluding carboxylic acids is 2. The van der Waals surface area contributed by atoms with E-state index in [4.69, 9.17) is 20.9 Å². The summed E-state index contributed by atoms with van der Waals surface area (Å²) in [6, 6.07) is 12.7. The Morgan fingerprint density at radius 2 is 1.97 bits per heavy atom. The molecule has 3 aromatic rings. The van der Waals surface area contributed by atoms with E-state index in [0.717, 1.165) is 11.6 Å². The third-order valence-corrected chi connectivity index (χ3v) is 5.89. The number of aromatic nitrogens is 2. The van der Waals surface area contributed by atoms with Gasteiger partial charge in [0.15, 0.2) is 11.6 Å². The predicted octanol–water partition coefficient (Wildman–Crippen LogP) is 2.62. The Bertz CT molecular complexity index is 1260. The maximum absolute atomic E-state index is 14.9. The molecule has 3 heterocycles. The number of pyridine rings is 2. The van der Waals surface area contributed by atoms with Crippen LogP contribution in [0.15, 0.2) is 54.7 Å². The van der Waals surface area contributed by atoms with Crippen molar-refractivity contribution in [3.05, 3.63) is 71.7 Å². The predicted molar refractivity (Wildman–Crippen MR) is 135 cm³/mol. The third kappa shape index (κ3) is 6.41. The minimum atomic E-state index is -0.847. The first kappa shape index (κ1) is 25.6. The molecule has 0 saturated carbocycles. The molecule has 11 nitrogen and oxygen atoms in total. The summed E-state index contributed by atoms with van der Waals surface area (Å²) in [5.74, 6) is -1.32. The number of carbonyl (C=O) groups is 2. The Morgan fingerprint density at radius 1 is 1.19 bits per heavy atom. The van der Waals surface area contributed by atoms with E-state index in [9.17, 15) is 14.0 Å².